The molecule has 1 aliphatic heterocycles. The van der Waals surface area contributed by atoms with Crippen molar-refractivity contribution in [3.63, 3.8) is 0 Å². The summed E-state index contributed by atoms with van der Waals surface area (Å²) in [4.78, 5) is 27.2. The standard InChI is InChI=1S/C22H23NO4S/c1-4-26-22(25)19-13(3)23-15-10-14(18-6-5-9-28-18)11-16(24)20(15)21(19)17-8-7-12(2)27-17/h5-9,14,21,23H,4,10-11H2,1-3H3. The molecule has 1 N–H and O–H groups in total. The van der Waals surface area contributed by atoms with Crippen molar-refractivity contribution in [1.82, 2.24) is 5.32 Å². The lowest BCUT2D eigenvalue weighted by atomic mass is 9.74. The van der Waals surface area contributed by atoms with Crippen molar-refractivity contribution >= 4 is 23.1 Å². The zero-order valence-corrected chi connectivity index (χ0v) is 17.0. The van der Waals surface area contributed by atoms with Crippen molar-refractivity contribution < 1.29 is 18.7 Å². The Hall–Kier alpha value is -2.60. The van der Waals surface area contributed by atoms with Gasteiger partial charge in [-0.3, -0.25) is 4.79 Å². The number of dihydropyridines is 1. The molecular formula is C22H23NO4S. The average molecular weight is 397 g/mol. The van der Waals surface area contributed by atoms with Gasteiger partial charge in [-0.2, -0.15) is 0 Å². The van der Waals surface area contributed by atoms with E-state index >= 15 is 0 Å². The minimum Gasteiger partial charge on any atom is -0.465 e. The summed E-state index contributed by atoms with van der Waals surface area (Å²) in [6, 6.07) is 7.80. The van der Waals surface area contributed by atoms with Crippen LogP contribution in [0.25, 0.3) is 0 Å². The van der Waals surface area contributed by atoms with Gasteiger partial charge >= 0.3 is 5.97 Å². The van der Waals surface area contributed by atoms with E-state index in [0.29, 0.717) is 23.3 Å². The van der Waals surface area contributed by atoms with Crippen LogP contribution in [0.4, 0.5) is 0 Å². The molecule has 0 saturated heterocycles. The van der Waals surface area contributed by atoms with Crippen LogP contribution in [-0.2, 0) is 14.3 Å². The molecule has 2 atom stereocenters. The molecule has 0 aromatic carbocycles. The van der Waals surface area contributed by atoms with Crippen LogP contribution in [0.2, 0.25) is 0 Å². The molecule has 28 heavy (non-hydrogen) atoms. The second kappa shape index (κ2) is 7.43. The number of allylic oxidation sites excluding steroid dienone is 3. The molecule has 0 fully saturated rings. The Balaban J connectivity index is 1.80. The molecule has 2 unspecified atom stereocenters. The lowest BCUT2D eigenvalue weighted by molar-refractivity contribution is -0.138. The molecule has 0 amide bonds. The first-order chi connectivity index (χ1) is 13.5. The third kappa shape index (κ3) is 3.22. The number of hydrogen-bond acceptors (Lipinski definition) is 6. The van der Waals surface area contributed by atoms with E-state index in [0.717, 1.165) is 23.6 Å². The maximum Gasteiger partial charge on any atom is 0.336 e. The number of carbonyl (C=O) groups is 2. The van der Waals surface area contributed by atoms with E-state index in [1.54, 1.807) is 18.3 Å². The van der Waals surface area contributed by atoms with Gasteiger partial charge in [0.1, 0.15) is 11.5 Å². The van der Waals surface area contributed by atoms with Gasteiger partial charge in [0.2, 0.25) is 0 Å². The predicted molar refractivity (Wildman–Crippen MR) is 107 cm³/mol. The van der Waals surface area contributed by atoms with Crippen molar-refractivity contribution in [3.05, 3.63) is 68.6 Å². The minimum absolute atomic E-state index is 0.0560. The molecule has 0 bridgehead atoms. The summed E-state index contributed by atoms with van der Waals surface area (Å²) in [6.07, 6.45) is 1.18. The third-order valence-corrected chi connectivity index (χ3v) is 6.35. The zero-order valence-electron chi connectivity index (χ0n) is 16.2. The second-order valence-corrected chi connectivity index (χ2v) is 8.18. The number of esters is 1. The zero-order chi connectivity index (χ0) is 19.8. The van der Waals surface area contributed by atoms with E-state index in [-0.39, 0.29) is 18.3 Å². The van der Waals surface area contributed by atoms with Gasteiger partial charge in [-0.25, -0.2) is 4.79 Å². The van der Waals surface area contributed by atoms with Crippen LogP contribution >= 0.6 is 11.3 Å². The van der Waals surface area contributed by atoms with E-state index in [1.807, 2.05) is 37.4 Å². The molecular weight excluding hydrogens is 374 g/mol. The number of rotatable bonds is 4. The highest BCUT2D eigenvalue weighted by molar-refractivity contribution is 7.10. The van der Waals surface area contributed by atoms with Gasteiger partial charge in [-0.05, 0) is 50.8 Å². The predicted octanol–water partition coefficient (Wildman–Crippen LogP) is 4.57. The van der Waals surface area contributed by atoms with Crippen molar-refractivity contribution in [2.45, 2.75) is 45.4 Å². The van der Waals surface area contributed by atoms with Crippen molar-refractivity contribution in [2.75, 3.05) is 6.61 Å². The average Bonchev–Trinajstić information content (AvgIpc) is 3.32. The maximum absolute atomic E-state index is 13.2. The summed E-state index contributed by atoms with van der Waals surface area (Å²) in [5.41, 5.74) is 2.70. The Labute approximate surface area is 168 Å². The summed E-state index contributed by atoms with van der Waals surface area (Å²) >= 11 is 1.68. The quantitative estimate of drug-likeness (QED) is 0.765. The topological polar surface area (TPSA) is 68.5 Å². The first-order valence-electron chi connectivity index (χ1n) is 9.50. The number of aryl methyl sites for hydroxylation is 1. The van der Waals surface area contributed by atoms with Gasteiger partial charge in [0, 0.05) is 34.2 Å². The van der Waals surface area contributed by atoms with Crippen LogP contribution in [0, 0.1) is 6.92 Å². The van der Waals surface area contributed by atoms with Crippen molar-refractivity contribution in [2.24, 2.45) is 0 Å². The number of thiophene rings is 1. The van der Waals surface area contributed by atoms with Crippen LogP contribution in [-0.4, -0.2) is 18.4 Å². The van der Waals surface area contributed by atoms with Gasteiger partial charge in [-0.1, -0.05) is 6.07 Å². The number of Topliss-reactive ketones (excluding diaryl/α,β-unsaturated/α-hetero) is 1. The number of ketones is 1. The molecule has 0 radical (unpaired) electrons. The lowest BCUT2D eigenvalue weighted by Gasteiger charge is -2.35. The van der Waals surface area contributed by atoms with Crippen LogP contribution in [0.3, 0.4) is 0 Å². The van der Waals surface area contributed by atoms with Crippen LogP contribution < -0.4 is 5.32 Å². The van der Waals surface area contributed by atoms with Gasteiger partial charge < -0.3 is 14.5 Å². The Bertz CT molecular complexity index is 980. The molecule has 2 aromatic rings. The Morgan fingerprint density at radius 2 is 2.11 bits per heavy atom. The van der Waals surface area contributed by atoms with Crippen LogP contribution in [0.15, 0.2) is 56.6 Å². The Kier molecular flexibility index (Phi) is 4.98. The molecule has 4 rings (SSSR count). The Morgan fingerprint density at radius 1 is 1.29 bits per heavy atom. The van der Waals surface area contributed by atoms with Crippen LogP contribution in [0.5, 0.6) is 0 Å². The number of hydrogen-bond donors (Lipinski definition) is 1. The van der Waals surface area contributed by atoms with E-state index in [2.05, 4.69) is 11.4 Å². The fourth-order valence-corrected chi connectivity index (χ4v) is 4.97. The molecule has 5 nitrogen and oxygen atoms in total. The van der Waals surface area contributed by atoms with Gasteiger partial charge in [0.25, 0.3) is 0 Å². The lowest BCUT2D eigenvalue weighted by Crippen LogP contribution is -2.36. The van der Waals surface area contributed by atoms with Crippen molar-refractivity contribution in [1.29, 1.82) is 0 Å². The van der Waals surface area contributed by atoms with Crippen molar-refractivity contribution in [3.8, 4) is 0 Å². The molecule has 1 aliphatic carbocycles. The molecule has 3 heterocycles. The first kappa shape index (κ1) is 18.7. The summed E-state index contributed by atoms with van der Waals surface area (Å²) < 4.78 is 11.2. The molecule has 0 spiro atoms. The van der Waals surface area contributed by atoms with Crippen LogP contribution in [0.1, 0.15) is 54.9 Å². The summed E-state index contributed by atoms with van der Waals surface area (Å²) in [5, 5.41) is 5.38. The SMILES string of the molecule is CCOC(=O)C1=C(C)NC2=C(C(=O)CC(c3cccs3)C2)C1c1ccc(C)o1. The van der Waals surface area contributed by atoms with E-state index in [1.165, 1.54) is 4.88 Å². The number of carbonyl (C=O) groups excluding carboxylic acids is 2. The Morgan fingerprint density at radius 3 is 2.75 bits per heavy atom. The minimum atomic E-state index is -0.527. The van der Waals surface area contributed by atoms with E-state index < -0.39 is 11.9 Å². The summed E-state index contributed by atoms with van der Waals surface area (Å²) in [6.45, 7) is 5.77. The first-order valence-corrected chi connectivity index (χ1v) is 10.4. The fraction of sp³-hybridized carbons (Fsp3) is 0.364. The smallest absolute Gasteiger partial charge is 0.336 e. The maximum atomic E-state index is 13.2. The molecule has 146 valence electrons. The molecule has 2 aliphatic rings. The normalized spacial score (nSPS) is 22.2. The highest BCUT2D eigenvalue weighted by Crippen LogP contribution is 2.46. The fourth-order valence-electron chi connectivity index (χ4n) is 4.14. The highest BCUT2D eigenvalue weighted by Gasteiger charge is 2.42. The molecule has 6 heteroatoms. The van der Waals surface area contributed by atoms with Gasteiger partial charge in [0.05, 0.1) is 18.1 Å². The second-order valence-electron chi connectivity index (χ2n) is 7.20. The summed E-state index contributed by atoms with van der Waals surface area (Å²) in [7, 11) is 0. The van der Waals surface area contributed by atoms with Gasteiger partial charge in [0.15, 0.2) is 5.78 Å². The summed E-state index contributed by atoms with van der Waals surface area (Å²) in [5.74, 6) is 0.635. The number of furan rings is 1. The monoisotopic (exact) mass is 397 g/mol. The van der Waals surface area contributed by atoms with Gasteiger partial charge in [-0.15, -0.1) is 11.3 Å². The van der Waals surface area contributed by atoms with E-state index in [4.69, 9.17) is 9.15 Å². The third-order valence-electron chi connectivity index (χ3n) is 5.31. The molecule has 0 saturated carbocycles. The van der Waals surface area contributed by atoms with E-state index in [9.17, 15) is 9.59 Å². The molecule has 2 aromatic heterocycles. The number of ether oxygens (including phenoxy) is 1. The largest absolute Gasteiger partial charge is 0.465 e. The highest BCUT2D eigenvalue weighted by atomic mass is 32.1. The number of nitrogens with one attached hydrogen (secondary N) is 1.